The molecule has 1 aliphatic heterocycles. The maximum atomic E-state index is 12.4. The second kappa shape index (κ2) is 8.97. The summed E-state index contributed by atoms with van der Waals surface area (Å²) < 4.78 is 16.3. The number of carbonyl (C=O) groups excluding carboxylic acids is 2. The molecular weight excluding hydrogens is 382 g/mol. The van der Waals surface area contributed by atoms with Gasteiger partial charge in [-0.2, -0.15) is 0 Å². The van der Waals surface area contributed by atoms with Crippen molar-refractivity contribution in [2.45, 2.75) is 26.4 Å². The molecule has 1 aliphatic rings. The third-order valence-electron chi connectivity index (χ3n) is 4.36. The minimum Gasteiger partial charge on any atom is -0.494 e. The summed E-state index contributed by atoms with van der Waals surface area (Å²) in [5.74, 6) is 0.0803. The van der Waals surface area contributed by atoms with Crippen molar-refractivity contribution in [1.29, 1.82) is 0 Å². The smallest absolute Gasteiger partial charge is 0.313 e. The second-order valence-corrected chi connectivity index (χ2v) is 6.93. The molecule has 3 rings (SSSR count). The molecule has 0 saturated carbocycles. The van der Waals surface area contributed by atoms with Crippen LogP contribution in [0, 0.1) is 5.92 Å². The molecule has 6 nitrogen and oxygen atoms in total. The van der Waals surface area contributed by atoms with Gasteiger partial charge in [0.05, 0.1) is 12.5 Å². The van der Waals surface area contributed by atoms with Crippen LogP contribution in [0.1, 0.15) is 19.4 Å². The van der Waals surface area contributed by atoms with Gasteiger partial charge in [0.25, 0.3) is 5.91 Å². The van der Waals surface area contributed by atoms with Crippen LogP contribution in [0.25, 0.3) is 0 Å². The van der Waals surface area contributed by atoms with Gasteiger partial charge < -0.3 is 19.5 Å². The topological polar surface area (TPSA) is 73.9 Å². The number of rotatable bonds is 6. The molecule has 1 heterocycles. The summed E-state index contributed by atoms with van der Waals surface area (Å²) in [6, 6.07) is 12.3. The van der Waals surface area contributed by atoms with Crippen LogP contribution in [-0.4, -0.2) is 31.2 Å². The number of ether oxygens (including phenoxy) is 3. The highest BCUT2D eigenvalue weighted by atomic mass is 35.5. The van der Waals surface area contributed by atoms with Crippen molar-refractivity contribution in [3.8, 4) is 11.5 Å². The van der Waals surface area contributed by atoms with E-state index in [1.807, 2.05) is 6.92 Å². The number of benzene rings is 2. The third kappa shape index (κ3) is 4.95. The van der Waals surface area contributed by atoms with Gasteiger partial charge in [-0.3, -0.25) is 9.59 Å². The Balaban J connectivity index is 1.54. The summed E-state index contributed by atoms with van der Waals surface area (Å²) in [4.78, 5) is 24.8. The fourth-order valence-corrected chi connectivity index (χ4v) is 3.08. The summed E-state index contributed by atoms with van der Waals surface area (Å²) >= 11 is 6.00. The zero-order valence-electron chi connectivity index (χ0n) is 15.7. The van der Waals surface area contributed by atoms with Gasteiger partial charge in [-0.1, -0.05) is 11.6 Å². The Hall–Kier alpha value is -2.73. The molecule has 2 aromatic carbocycles. The Kier molecular flexibility index (Phi) is 6.41. The molecule has 0 aliphatic carbocycles. The second-order valence-electron chi connectivity index (χ2n) is 6.49. The Labute approximate surface area is 168 Å². The SMILES string of the molecule is CCOc1ccc(NC(=O)[C@@H](C)OC(=O)[C@H]2COc3ccc(Cl)cc3C2)cc1. The standard InChI is InChI=1S/C21H22ClNO5/c1-3-26-18-7-5-17(6-8-18)23-20(24)13(2)28-21(25)15-10-14-11-16(22)4-9-19(14)27-12-15/h4-9,11,13,15H,3,10,12H2,1-2H3,(H,23,24)/t13-,15-/m1/s1. The summed E-state index contributed by atoms with van der Waals surface area (Å²) in [6.07, 6.45) is -0.470. The van der Waals surface area contributed by atoms with Crippen molar-refractivity contribution in [1.82, 2.24) is 0 Å². The van der Waals surface area contributed by atoms with Crippen molar-refractivity contribution in [2.24, 2.45) is 5.92 Å². The Morgan fingerprint density at radius 3 is 2.71 bits per heavy atom. The van der Waals surface area contributed by atoms with Gasteiger partial charge in [0, 0.05) is 10.7 Å². The molecule has 7 heteroatoms. The van der Waals surface area contributed by atoms with Gasteiger partial charge in [0.2, 0.25) is 0 Å². The number of nitrogens with one attached hydrogen (secondary N) is 1. The maximum Gasteiger partial charge on any atom is 0.313 e. The van der Waals surface area contributed by atoms with Crippen LogP contribution in [0.15, 0.2) is 42.5 Å². The average Bonchev–Trinajstić information content (AvgIpc) is 2.69. The average molecular weight is 404 g/mol. The van der Waals surface area contributed by atoms with Crippen LogP contribution in [0.5, 0.6) is 11.5 Å². The Morgan fingerprint density at radius 2 is 2.00 bits per heavy atom. The zero-order chi connectivity index (χ0) is 20.1. The van der Waals surface area contributed by atoms with E-state index in [0.717, 1.165) is 17.1 Å². The number of amides is 1. The van der Waals surface area contributed by atoms with Gasteiger partial charge >= 0.3 is 5.97 Å². The number of esters is 1. The first-order valence-electron chi connectivity index (χ1n) is 9.11. The lowest BCUT2D eigenvalue weighted by Crippen LogP contribution is -2.36. The van der Waals surface area contributed by atoms with E-state index in [0.29, 0.717) is 23.7 Å². The largest absolute Gasteiger partial charge is 0.494 e. The molecule has 28 heavy (non-hydrogen) atoms. The highest BCUT2D eigenvalue weighted by Crippen LogP contribution is 2.30. The summed E-state index contributed by atoms with van der Waals surface area (Å²) in [5, 5.41) is 3.30. The van der Waals surface area contributed by atoms with E-state index in [2.05, 4.69) is 5.32 Å². The predicted octanol–water partition coefficient (Wildman–Crippen LogP) is 3.86. The van der Waals surface area contributed by atoms with E-state index in [4.69, 9.17) is 25.8 Å². The molecule has 0 spiro atoms. The van der Waals surface area contributed by atoms with Crippen LogP contribution in [0.4, 0.5) is 5.69 Å². The fraction of sp³-hybridized carbons (Fsp3) is 0.333. The molecule has 0 bridgehead atoms. The molecule has 1 N–H and O–H groups in total. The number of hydrogen-bond acceptors (Lipinski definition) is 5. The van der Waals surface area contributed by atoms with E-state index in [1.165, 1.54) is 6.92 Å². The third-order valence-corrected chi connectivity index (χ3v) is 4.59. The highest BCUT2D eigenvalue weighted by Gasteiger charge is 2.30. The molecule has 148 valence electrons. The minimum absolute atomic E-state index is 0.209. The van der Waals surface area contributed by atoms with Crippen LogP contribution in [-0.2, 0) is 20.7 Å². The molecule has 1 amide bonds. The Bertz CT molecular complexity index is 852. The zero-order valence-corrected chi connectivity index (χ0v) is 16.5. The van der Waals surface area contributed by atoms with Crippen LogP contribution in [0.2, 0.25) is 5.02 Å². The van der Waals surface area contributed by atoms with Gasteiger partial charge in [-0.25, -0.2) is 0 Å². The molecule has 0 saturated heterocycles. The van der Waals surface area contributed by atoms with E-state index in [9.17, 15) is 9.59 Å². The lowest BCUT2D eigenvalue weighted by molar-refractivity contribution is -0.158. The molecule has 0 fully saturated rings. The predicted molar refractivity (Wildman–Crippen MR) is 106 cm³/mol. The number of hydrogen-bond donors (Lipinski definition) is 1. The van der Waals surface area contributed by atoms with Crippen molar-refractivity contribution < 1.29 is 23.8 Å². The summed E-state index contributed by atoms with van der Waals surface area (Å²) in [6.45, 7) is 4.22. The van der Waals surface area contributed by atoms with Crippen molar-refractivity contribution in [2.75, 3.05) is 18.5 Å². The van der Waals surface area contributed by atoms with Crippen molar-refractivity contribution >= 4 is 29.2 Å². The first kappa shape index (κ1) is 20.0. The molecule has 2 atom stereocenters. The van der Waals surface area contributed by atoms with Gasteiger partial charge in [0.15, 0.2) is 6.10 Å². The number of halogens is 1. The number of fused-ring (bicyclic) bond motifs is 1. The van der Waals surface area contributed by atoms with Gasteiger partial charge in [0.1, 0.15) is 18.1 Å². The Morgan fingerprint density at radius 1 is 1.25 bits per heavy atom. The van der Waals surface area contributed by atoms with Crippen molar-refractivity contribution in [3.63, 3.8) is 0 Å². The first-order chi connectivity index (χ1) is 13.5. The highest BCUT2D eigenvalue weighted by molar-refractivity contribution is 6.30. The van der Waals surface area contributed by atoms with E-state index in [1.54, 1.807) is 42.5 Å². The maximum absolute atomic E-state index is 12.4. The van der Waals surface area contributed by atoms with Gasteiger partial charge in [-0.15, -0.1) is 0 Å². The molecule has 0 unspecified atom stereocenters. The van der Waals surface area contributed by atoms with Crippen LogP contribution >= 0.6 is 11.6 Å². The molecule has 0 radical (unpaired) electrons. The van der Waals surface area contributed by atoms with E-state index >= 15 is 0 Å². The van der Waals surface area contributed by atoms with Crippen molar-refractivity contribution in [3.05, 3.63) is 53.1 Å². The normalized spacial score (nSPS) is 16.3. The molecular formula is C21H22ClNO5. The first-order valence-corrected chi connectivity index (χ1v) is 9.49. The number of carbonyl (C=O) groups is 2. The fourth-order valence-electron chi connectivity index (χ4n) is 2.88. The number of anilines is 1. The minimum atomic E-state index is -0.931. The van der Waals surface area contributed by atoms with E-state index in [-0.39, 0.29) is 6.61 Å². The van der Waals surface area contributed by atoms with E-state index < -0.39 is 23.9 Å². The molecule has 0 aromatic heterocycles. The lowest BCUT2D eigenvalue weighted by atomic mass is 9.97. The quantitative estimate of drug-likeness (QED) is 0.741. The molecule has 2 aromatic rings. The van der Waals surface area contributed by atoms with Gasteiger partial charge in [-0.05, 0) is 68.3 Å². The van der Waals surface area contributed by atoms with Crippen LogP contribution < -0.4 is 14.8 Å². The monoisotopic (exact) mass is 403 g/mol. The summed E-state index contributed by atoms with van der Waals surface area (Å²) in [5.41, 5.74) is 1.45. The lowest BCUT2D eigenvalue weighted by Gasteiger charge is -2.25. The van der Waals surface area contributed by atoms with Crippen LogP contribution in [0.3, 0.4) is 0 Å². The summed E-state index contributed by atoms with van der Waals surface area (Å²) in [7, 11) is 0.